The van der Waals surface area contributed by atoms with E-state index in [1.807, 2.05) is 0 Å². The van der Waals surface area contributed by atoms with Crippen LogP contribution in [-0.2, 0) is 16.0 Å². The van der Waals surface area contributed by atoms with Crippen LogP contribution in [0.5, 0.6) is 5.75 Å². The summed E-state index contributed by atoms with van der Waals surface area (Å²) in [6, 6.07) is 4.93. The number of nitrogens with one attached hydrogen (secondary N) is 1. The molecule has 0 aliphatic heterocycles. The molecule has 7 nitrogen and oxygen atoms in total. The van der Waals surface area contributed by atoms with Crippen LogP contribution in [0, 0.1) is 0 Å². The van der Waals surface area contributed by atoms with Gasteiger partial charge in [0.1, 0.15) is 10.8 Å². The van der Waals surface area contributed by atoms with Gasteiger partial charge in [-0.15, -0.1) is 10.2 Å². The fourth-order valence-electron chi connectivity index (χ4n) is 1.81. The molecule has 25 heavy (non-hydrogen) atoms. The Hall–Kier alpha value is -1.90. The molecule has 2 N–H and O–H groups in total. The lowest BCUT2D eigenvalue weighted by molar-refractivity contribution is -0.137. The van der Waals surface area contributed by atoms with Gasteiger partial charge in [0.25, 0.3) is 0 Å². The van der Waals surface area contributed by atoms with Crippen LogP contribution in [0.25, 0.3) is 0 Å². The number of hydrogen-bond acceptors (Lipinski definition) is 6. The van der Waals surface area contributed by atoms with Gasteiger partial charge in [0.05, 0.1) is 18.1 Å². The van der Waals surface area contributed by atoms with Crippen LogP contribution in [0.15, 0.2) is 18.2 Å². The van der Waals surface area contributed by atoms with Crippen LogP contribution in [0.4, 0.5) is 5.13 Å². The monoisotopic (exact) mass is 403 g/mol. The third-order valence-electron chi connectivity index (χ3n) is 2.97. The number of halogens is 2. The second-order valence-corrected chi connectivity index (χ2v) is 6.88. The normalized spacial score (nSPS) is 10.5. The number of aromatic nitrogens is 2. The van der Waals surface area contributed by atoms with Crippen molar-refractivity contribution in [3.63, 3.8) is 0 Å². The lowest BCUT2D eigenvalue weighted by Gasteiger charge is -2.07. The Morgan fingerprint density at radius 2 is 2.04 bits per heavy atom. The van der Waals surface area contributed by atoms with E-state index in [2.05, 4.69) is 15.5 Å². The zero-order valence-corrected chi connectivity index (χ0v) is 15.3. The Kier molecular flexibility index (Phi) is 7.42. The largest absolute Gasteiger partial charge is 0.492 e. The van der Waals surface area contributed by atoms with Gasteiger partial charge in [-0.05, 0) is 24.6 Å². The minimum Gasteiger partial charge on any atom is -0.492 e. The molecule has 0 spiro atoms. The van der Waals surface area contributed by atoms with Crippen LogP contribution in [0.3, 0.4) is 0 Å². The first-order valence-electron chi connectivity index (χ1n) is 7.36. The number of nitrogens with zero attached hydrogens (tertiary/aromatic N) is 2. The first-order chi connectivity index (χ1) is 11.9. The molecule has 1 aromatic heterocycles. The molecule has 0 unspecified atom stereocenters. The second-order valence-electron chi connectivity index (χ2n) is 4.97. The maximum Gasteiger partial charge on any atom is 0.303 e. The predicted octanol–water partition coefficient (Wildman–Crippen LogP) is 3.66. The number of rotatable bonds is 9. The van der Waals surface area contributed by atoms with Gasteiger partial charge in [-0.1, -0.05) is 34.5 Å². The summed E-state index contributed by atoms with van der Waals surface area (Å²) in [6.07, 6.45) is 1.01. The third kappa shape index (κ3) is 6.85. The van der Waals surface area contributed by atoms with Crippen molar-refractivity contribution in [3.8, 4) is 5.75 Å². The Morgan fingerprint density at radius 1 is 1.24 bits per heavy atom. The first kappa shape index (κ1) is 19.4. The summed E-state index contributed by atoms with van der Waals surface area (Å²) in [5, 5.41) is 20.8. The molecular weight excluding hydrogens is 389 g/mol. The molecule has 0 radical (unpaired) electrons. The third-order valence-corrected chi connectivity index (χ3v) is 4.39. The number of aryl methyl sites for hydroxylation is 1. The smallest absolute Gasteiger partial charge is 0.303 e. The molecule has 0 atom stereocenters. The highest BCUT2D eigenvalue weighted by Gasteiger charge is 2.10. The van der Waals surface area contributed by atoms with E-state index in [0.29, 0.717) is 45.4 Å². The fraction of sp³-hybridized carbons (Fsp3) is 0.333. The molecule has 1 amide bonds. The lowest BCUT2D eigenvalue weighted by Crippen LogP contribution is -2.12. The van der Waals surface area contributed by atoms with Gasteiger partial charge in [0.15, 0.2) is 0 Å². The molecule has 2 aromatic rings. The van der Waals surface area contributed by atoms with Crippen molar-refractivity contribution in [3.05, 3.63) is 33.3 Å². The highest BCUT2D eigenvalue weighted by atomic mass is 35.5. The van der Waals surface area contributed by atoms with E-state index in [4.69, 9.17) is 33.0 Å². The van der Waals surface area contributed by atoms with Crippen LogP contribution in [0.2, 0.25) is 10.0 Å². The van der Waals surface area contributed by atoms with E-state index in [1.165, 1.54) is 0 Å². The van der Waals surface area contributed by atoms with E-state index < -0.39 is 5.97 Å². The summed E-state index contributed by atoms with van der Waals surface area (Å²) >= 11 is 13.0. The first-order valence-corrected chi connectivity index (χ1v) is 8.93. The maximum absolute atomic E-state index is 11.8. The maximum atomic E-state index is 11.8. The molecule has 0 saturated heterocycles. The summed E-state index contributed by atoms with van der Waals surface area (Å²) < 4.78 is 5.50. The van der Waals surface area contributed by atoms with Gasteiger partial charge in [-0.3, -0.25) is 9.59 Å². The molecule has 134 valence electrons. The Morgan fingerprint density at radius 3 is 2.76 bits per heavy atom. The minimum atomic E-state index is -0.901. The minimum absolute atomic E-state index is 0.0207. The number of carboxylic acids is 1. The summed E-state index contributed by atoms with van der Waals surface area (Å²) in [5.74, 6) is -0.605. The molecule has 0 saturated carbocycles. The molecule has 0 bridgehead atoms. The van der Waals surface area contributed by atoms with Crippen molar-refractivity contribution in [2.45, 2.75) is 25.7 Å². The van der Waals surface area contributed by atoms with Crippen LogP contribution >= 0.6 is 34.5 Å². The quantitative estimate of drug-likeness (QED) is 0.619. The molecule has 2 rings (SSSR count). The molecular formula is C15H15Cl2N3O4S. The second kappa shape index (κ2) is 9.55. The number of hydrogen-bond donors (Lipinski definition) is 2. The van der Waals surface area contributed by atoms with Gasteiger partial charge in [0.2, 0.25) is 11.0 Å². The van der Waals surface area contributed by atoms with Crippen molar-refractivity contribution < 1.29 is 19.4 Å². The highest BCUT2D eigenvalue weighted by Crippen LogP contribution is 2.27. The number of amides is 1. The predicted molar refractivity (Wildman–Crippen MR) is 95.7 cm³/mol. The number of carbonyl (C=O) groups is 2. The van der Waals surface area contributed by atoms with E-state index in [9.17, 15) is 9.59 Å². The summed E-state index contributed by atoms with van der Waals surface area (Å²) in [7, 11) is 0. The van der Waals surface area contributed by atoms with E-state index in [-0.39, 0.29) is 18.7 Å². The van der Waals surface area contributed by atoms with Crippen LogP contribution in [-0.4, -0.2) is 33.8 Å². The van der Waals surface area contributed by atoms with Crippen LogP contribution in [0.1, 0.15) is 24.3 Å². The van der Waals surface area contributed by atoms with E-state index in [0.717, 1.165) is 11.3 Å². The average Bonchev–Trinajstić information content (AvgIpc) is 2.98. The topological polar surface area (TPSA) is 101 Å². The summed E-state index contributed by atoms with van der Waals surface area (Å²) in [5.41, 5.74) is 0. The molecule has 1 aromatic carbocycles. The summed E-state index contributed by atoms with van der Waals surface area (Å²) in [4.78, 5) is 22.3. The molecule has 1 heterocycles. The SMILES string of the molecule is O=C(O)CCc1nnc(NC(=O)CCCOc2ccc(Cl)cc2Cl)s1. The molecule has 0 aliphatic carbocycles. The van der Waals surface area contributed by atoms with Crippen molar-refractivity contribution in [2.24, 2.45) is 0 Å². The fourth-order valence-corrected chi connectivity index (χ4v) is 3.03. The zero-order chi connectivity index (χ0) is 18.2. The van der Waals surface area contributed by atoms with Crippen LogP contribution < -0.4 is 10.1 Å². The lowest BCUT2D eigenvalue weighted by atomic mass is 10.3. The van der Waals surface area contributed by atoms with Gasteiger partial charge >= 0.3 is 5.97 Å². The highest BCUT2D eigenvalue weighted by molar-refractivity contribution is 7.15. The van der Waals surface area contributed by atoms with Gasteiger partial charge in [-0.25, -0.2) is 0 Å². The Balaban J connectivity index is 1.69. The number of ether oxygens (including phenoxy) is 1. The molecule has 0 aliphatic rings. The Labute approximate surface area is 157 Å². The van der Waals surface area contributed by atoms with Crippen molar-refractivity contribution in [1.82, 2.24) is 10.2 Å². The Bertz CT molecular complexity index is 754. The number of aliphatic carboxylic acids is 1. The average molecular weight is 404 g/mol. The van der Waals surface area contributed by atoms with Gasteiger partial charge < -0.3 is 15.2 Å². The number of anilines is 1. The van der Waals surface area contributed by atoms with Crippen molar-refractivity contribution in [2.75, 3.05) is 11.9 Å². The number of benzene rings is 1. The number of carbonyl (C=O) groups excluding carboxylic acids is 1. The van der Waals surface area contributed by atoms with E-state index in [1.54, 1.807) is 18.2 Å². The van der Waals surface area contributed by atoms with Gasteiger partial charge in [-0.2, -0.15) is 0 Å². The van der Waals surface area contributed by atoms with Gasteiger partial charge in [0, 0.05) is 17.9 Å². The van der Waals surface area contributed by atoms with Crippen molar-refractivity contribution >= 4 is 51.5 Å². The zero-order valence-electron chi connectivity index (χ0n) is 13.0. The summed E-state index contributed by atoms with van der Waals surface area (Å²) in [6.45, 7) is 0.328. The van der Waals surface area contributed by atoms with E-state index >= 15 is 0 Å². The number of carboxylic acid groups (broad SMARTS) is 1. The standard InChI is InChI=1S/C15H15Cl2N3O4S/c16-9-3-4-11(10(17)8-9)24-7-1-2-12(21)18-15-20-19-13(25-15)5-6-14(22)23/h3-4,8H,1-2,5-7H2,(H,22,23)(H,18,20,21). The molecule has 0 fully saturated rings. The van der Waals surface area contributed by atoms with Crippen molar-refractivity contribution in [1.29, 1.82) is 0 Å². The molecule has 10 heteroatoms.